The van der Waals surface area contributed by atoms with Crippen LogP contribution in [0.3, 0.4) is 0 Å². The zero-order valence-corrected chi connectivity index (χ0v) is 11.5. The smallest absolute Gasteiger partial charge is 0.213 e. The molecule has 0 spiro atoms. The van der Waals surface area contributed by atoms with Gasteiger partial charge in [-0.25, -0.2) is 13.4 Å². The highest BCUT2D eigenvalue weighted by atomic mass is 32.2. The summed E-state index contributed by atoms with van der Waals surface area (Å²) in [4.78, 5) is 4.16. The van der Waals surface area contributed by atoms with E-state index in [1.165, 1.54) is 4.31 Å². The van der Waals surface area contributed by atoms with E-state index in [0.29, 0.717) is 19.0 Å². The summed E-state index contributed by atoms with van der Waals surface area (Å²) in [5.74, 6) is 0.698. The molecule has 0 bridgehead atoms. The summed E-state index contributed by atoms with van der Waals surface area (Å²) in [5.41, 5.74) is 1.07. The van der Waals surface area contributed by atoms with E-state index < -0.39 is 10.0 Å². The normalized spacial score (nSPS) is 21.1. The van der Waals surface area contributed by atoms with Gasteiger partial charge in [0.25, 0.3) is 0 Å². The summed E-state index contributed by atoms with van der Waals surface area (Å²) in [7, 11) is -3.10. The largest absolute Gasteiger partial charge is 0.473 e. The van der Waals surface area contributed by atoms with Crippen molar-refractivity contribution < 1.29 is 13.2 Å². The fourth-order valence-corrected chi connectivity index (χ4v) is 3.07. The minimum atomic E-state index is -3.10. The molecular weight excluding hydrogens is 252 g/mol. The number of sulfonamides is 1. The molecule has 1 aliphatic rings. The van der Waals surface area contributed by atoms with Gasteiger partial charge in [-0.15, -0.1) is 0 Å². The molecule has 1 aromatic heterocycles. The van der Waals surface area contributed by atoms with Gasteiger partial charge in [0.15, 0.2) is 0 Å². The van der Waals surface area contributed by atoms with Crippen molar-refractivity contribution in [2.45, 2.75) is 26.4 Å². The Bertz CT molecular complexity index is 499. The molecule has 0 unspecified atom stereocenters. The number of ether oxygens (including phenoxy) is 1. The van der Waals surface area contributed by atoms with E-state index in [2.05, 4.69) is 4.98 Å². The fourth-order valence-electron chi connectivity index (χ4n) is 1.92. The van der Waals surface area contributed by atoms with Gasteiger partial charge >= 0.3 is 0 Å². The first-order valence-corrected chi connectivity index (χ1v) is 7.69. The first-order valence-electron chi connectivity index (χ1n) is 6.08. The van der Waals surface area contributed by atoms with Crippen molar-refractivity contribution in [2.75, 3.05) is 18.8 Å². The summed E-state index contributed by atoms with van der Waals surface area (Å²) in [5, 5.41) is 0. The van der Waals surface area contributed by atoms with E-state index >= 15 is 0 Å². The number of hydrogen-bond donors (Lipinski definition) is 0. The Kier molecular flexibility index (Phi) is 3.87. The summed E-state index contributed by atoms with van der Waals surface area (Å²) in [6.07, 6.45) is 2.36. The average Bonchev–Trinajstić information content (AvgIpc) is 2.81. The number of aromatic nitrogens is 1. The Balaban J connectivity index is 1.96. The molecule has 1 atom stereocenters. The molecule has 0 radical (unpaired) electrons. The lowest BCUT2D eigenvalue weighted by atomic mass is 10.3. The Morgan fingerprint density at radius 3 is 2.89 bits per heavy atom. The van der Waals surface area contributed by atoms with Crippen molar-refractivity contribution in [3.63, 3.8) is 0 Å². The van der Waals surface area contributed by atoms with Gasteiger partial charge < -0.3 is 4.74 Å². The fraction of sp³-hybridized carbons (Fsp3) is 0.583. The molecular formula is C12H18N2O3S. The van der Waals surface area contributed by atoms with Crippen LogP contribution in [0, 0.1) is 6.92 Å². The molecule has 1 saturated heterocycles. The summed E-state index contributed by atoms with van der Waals surface area (Å²) in [6, 6.07) is 3.74. The highest BCUT2D eigenvalue weighted by Gasteiger charge is 2.31. The Morgan fingerprint density at radius 2 is 2.28 bits per heavy atom. The maximum absolute atomic E-state index is 11.7. The number of rotatable bonds is 4. The van der Waals surface area contributed by atoms with Crippen LogP contribution in [0.15, 0.2) is 18.3 Å². The van der Waals surface area contributed by atoms with Crippen LogP contribution in [0.25, 0.3) is 0 Å². The zero-order chi connectivity index (χ0) is 13.2. The molecule has 2 rings (SSSR count). The third-order valence-electron chi connectivity index (χ3n) is 3.04. The lowest BCUT2D eigenvalue weighted by Gasteiger charge is -2.15. The minimum Gasteiger partial charge on any atom is -0.473 e. The second-order valence-corrected chi connectivity index (χ2v) is 6.72. The van der Waals surface area contributed by atoms with Crippen molar-refractivity contribution in [1.29, 1.82) is 0 Å². The molecule has 5 nitrogen and oxygen atoms in total. The molecule has 100 valence electrons. The second-order valence-electron chi connectivity index (χ2n) is 4.46. The average molecular weight is 270 g/mol. The van der Waals surface area contributed by atoms with E-state index in [9.17, 15) is 8.42 Å². The Labute approximate surface area is 108 Å². The predicted octanol–water partition coefficient (Wildman–Crippen LogP) is 1.19. The van der Waals surface area contributed by atoms with Crippen molar-refractivity contribution in [2.24, 2.45) is 0 Å². The molecule has 18 heavy (non-hydrogen) atoms. The molecule has 1 aliphatic heterocycles. The van der Waals surface area contributed by atoms with Crippen LogP contribution in [0.4, 0.5) is 0 Å². The Morgan fingerprint density at radius 1 is 1.50 bits per heavy atom. The third-order valence-corrected chi connectivity index (χ3v) is 4.89. The monoisotopic (exact) mass is 270 g/mol. The maximum atomic E-state index is 11.7. The predicted molar refractivity (Wildman–Crippen MR) is 69.0 cm³/mol. The number of pyridine rings is 1. The molecule has 1 aromatic rings. The van der Waals surface area contributed by atoms with E-state index in [0.717, 1.165) is 12.0 Å². The molecule has 6 heteroatoms. The van der Waals surface area contributed by atoms with Gasteiger partial charge in [-0.05, 0) is 25.8 Å². The molecule has 1 fully saturated rings. The van der Waals surface area contributed by atoms with Crippen molar-refractivity contribution in [3.8, 4) is 5.88 Å². The highest BCUT2D eigenvalue weighted by molar-refractivity contribution is 7.89. The van der Waals surface area contributed by atoms with E-state index in [1.54, 1.807) is 13.1 Å². The Hall–Kier alpha value is -1.14. The number of nitrogens with zero attached hydrogens (tertiary/aromatic N) is 2. The van der Waals surface area contributed by atoms with Crippen LogP contribution in [0.5, 0.6) is 5.88 Å². The van der Waals surface area contributed by atoms with Gasteiger partial charge in [-0.1, -0.05) is 6.07 Å². The minimum absolute atomic E-state index is 0.0958. The van der Waals surface area contributed by atoms with Crippen LogP contribution in [0.2, 0.25) is 0 Å². The van der Waals surface area contributed by atoms with Crippen molar-refractivity contribution in [1.82, 2.24) is 9.29 Å². The highest BCUT2D eigenvalue weighted by Crippen LogP contribution is 2.19. The van der Waals surface area contributed by atoms with Crippen LogP contribution in [-0.2, 0) is 10.0 Å². The summed E-state index contributed by atoms with van der Waals surface area (Å²) >= 11 is 0. The molecule has 0 aliphatic carbocycles. The number of hydrogen-bond acceptors (Lipinski definition) is 4. The van der Waals surface area contributed by atoms with Gasteiger partial charge in [0.05, 0.1) is 12.3 Å². The van der Waals surface area contributed by atoms with E-state index in [1.807, 2.05) is 19.1 Å². The van der Waals surface area contributed by atoms with Gasteiger partial charge in [0, 0.05) is 18.8 Å². The van der Waals surface area contributed by atoms with Crippen molar-refractivity contribution >= 4 is 10.0 Å². The van der Waals surface area contributed by atoms with Crippen molar-refractivity contribution in [3.05, 3.63) is 23.9 Å². The van der Waals surface area contributed by atoms with Gasteiger partial charge in [0.1, 0.15) is 6.10 Å². The van der Waals surface area contributed by atoms with Crippen LogP contribution >= 0.6 is 0 Å². The second kappa shape index (κ2) is 5.24. The topological polar surface area (TPSA) is 59.5 Å². The van der Waals surface area contributed by atoms with Gasteiger partial charge in [0.2, 0.25) is 15.9 Å². The maximum Gasteiger partial charge on any atom is 0.213 e. The summed E-state index contributed by atoms with van der Waals surface area (Å²) in [6.45, 7) is 4.57. The van der Waals surface area contributed by atoms with Gasteiger partial charge in [-0.2, -0.15) is 4.31 Å². The third kappa shape index (κ3) is 3.00. The molecule has 0 saturated carbocycles. The first-order chi connectivity index (χ1) is 8.51. The van der Waals surface area contributed by atoms with Crippen LogP contribution in [0.1, 0.15) is 18.9 Å². The summed E-state index contributed by atoms with van der Waals surface area (Å²) < 4.78 is 30.6. The SMILES string of the molecule is CCS(=O)(=O)N1CC[C@H](Oc2ccc(C)cn2)C1. The van der Waals surface area contributed by atoms with Crippen LogP contribution < -0.4 is 4.74 Å². The standard InChI is InChI=1S/C12H18N2O3S/c1-3-18(15,16)14-7-6-11(9-14)17-12-5-4-10(2)8-13-12/h4-5,8,11H,3,6-7,9H2,1-2H3/t11-/m0/s1. The zero-order valence-electron chi connectivity index (χ0n) is 10.7. The van der Waals surface area contributed by atoms with E-state index in [4.69, 9.17) is 4.74 Å². The molecule has 2 heterocycles. The van der Waals surface area contributed by atoms with Crippen LogP contribution in [-0.4, -0.2) is 42.7 Å². The lowest BCUT2D eigenvalue weighted by molar-refractivity contribution is 0.207. The first kappa shape index (κ1) is 13.3. The van der Waals surface area contributed by atoms with E-state index in [-0.39, 0.29) is 11.9 Å². The molecule has 0 N–H and O–H groups in total. The number of aryl methyl sites for hydroxylation is 1. The molecule has 0 aromatic carbocycles. The quantitative estimate of drug-likeness (QED) is 0.824. The molecule has 0 amide bonds. The lowest BCUT2D eigenvalue weighted by Crippen LogP contribution is -2.32. The van der Waals surface area contributed by atoms with Gasteiger partial charge in [-0.3, -0.25) is 0 Å².